The van der Waals surface area contributed by atoms with Gasteiger partial charge >= 0.3 is 0 Å². The molecule has 5 heteroatoms. The van der Waals surface area contributed by atoms with Crippen LogP contribution in [0.5, 0.6) is 17.4 Å². The summed E-state index contributed by atoms with van der Waals surface area (Å²) in [7, 11) is 1.53. The van der Waals surface area contributed by atoms with Crippen LogP contribution in [0.1, 0.15) is 5.56 Å². The minimum Gasteiger partial charge on any atom is -0.493 e. The first kappa shape index (κ1) is 12.2. The molecule has 2 rings (SSSR count). The van der Waals surface area contributed by atoms with Crippen molar-refractivity contribution in [2.45, 2.75) is 6.61 Å². The van der Waals surface area contributed by atoms with Crippen LogP contribution >= 0.6 is 0 Å². The lowest BCUT2D eigenvalue weighted by Crippen LogP contribution is -1.97. The Bertz CT molecular complexity index is 544. The van der Waals surface area contributed by atoms with Crippen LogP contribution in [0.3, 0.4) is 0 Å². The fourth-order valence-corrected chi connectivity index (χ4v) is 1.49. The lowest BCUT2D eigenvalue weighted by molar-refractivity contribution is 0.280. The molecule has 0 bridgehead atoms. The van der Waals surface area contributed by atoms with Crippen LogP contribution in [0.25, 0.3) is 0 Å². The Morgan fingerprint density at radius 2 is 2.11 bits per heavy atom. The molecule has 0 spiro atoms. The van der Waals surface area contributed by atoms with Gasteiger partial charge in [0.1, 0.15) is 0 Å². The van der Waals surface area contributed by atoms with E-state index in [0.717, 1.165) is 5.56 Å². The van der Waals surface area contributed by atoms with Gasteiger partial charge in [-0.1, -0.05) is 6.07 Å². The van der Waals surface area contributed by atoms with Crippen LogP contribution in [-0.4, -0.2) is 17.2 Å². The minimum absolute atomic E-state index is 0.0532. The van der Waals surface area contributed by atoms with Crippen molar-refractivity contribution in [1.29, 1.82) is 0 Å². The predicted molar refractivity (Wildman–Crippen MR) is 67.6 cm³/mol. The van der Waals surface area contributed by atoms with Crippen molar-refractivity contribution in [1.82, 2.24) is 4.98 Å². The molecule has 94 valence electrons. The van der Waals surface area contributed by atoms with E-state index >= 15 is 0 Å². The molecule has 2 aromatic rings. The molecule has 0 aliphatic heterocycles. The first-order chi connectivity index (χ1) is 8.74. The highest BCUT2D eigenvalue weighted by Gasteiger charge is 2.09. The smallest absolute Gasteiger partial charge is 0.242 e. The number of aliphatic hydroxyl groups is 1. The highest BCUT2D eigenvalue weighted by molar-refractivity contribution is 5.51. The summed E-state index contributed by atoms with van der Waals surface area (Å²) >= 11 is 0. The van der Waals surface area contributed by atoms with Crippen molar-refractivity contribution in [3.05, 3.63) is 42.1 Å². The van der Waals surface area contributed by atoms with E-state index < -0.39 is 0 Å². The predicted octanol–water partition coefficient (Wildman–Crippen LogP) is 1.96. The van der Waals surface area contributed by atoms with Gasteiger partial charge in [-0.25, -0.2) is 4.98 Å². The summed E-state index contributed by atoms with van der Waals surface area (Å²) in [4.78, 5) is 4.04. The first-order valence-corrected chi connectivity index (χ1v) is 5.40. The van der Waals surface area contributed by atoms with Gasteiger partial charge in [-0.15, -0.1) is 0 Å². The maximum Gasteiger partial charge on any atom is 0.242 e. The number of hydrogen-bond donors (Lipinski definition) is 2. The molecule has 0 fully saturated rings. The van der Waals surface area contributed by atoms with E-state index in [1.54, 1.807) is 36.5 Å². The molecule has 0 amide bonds. The molecule has 0 aliphatic rings. The number of anilines is 1. The van der Waals surface area contributed by atoms with Crippen molar-refractivity contribution in [2.24, 2.45) is 0 Å². The van der Waals surface area contributed by atoms with Crippen LogP contribution in [0.2, 0.25) is 0 Å². The van der Waals surface area contributed by atoms with Crippen LogP contribution in [0.4, 0.5) is 5.69 Å². The molecule has 18 heavy (non-hydrogen) atoms. The molecule has 1 heterocycles. The van der Waals surface area contributed by atoms with Crippen molar-refractivity contribution in [2.75, 3.05) is 12.8 Å². The van der Waals surface area contributed by atoms with Crippen molar-refractivity contribution in [3.8, 4) is 17.4 Å². The second kappa shape index (κ2) is 5.37. The van der Waals surface area contributed by atoms with Gasteiger partial charge in [0, 0.05) is 6.20 Å². The number of aliphatic hydroxyl groups excluding tert-OH is 1. The number of benzene rings is 1. The number of nitrogens with zero attached hydrogens (tertiary/aromatic N) is 1. The van der Waals surface area contributed by atoms with Gasteiger partial charge in [-0.3, -0.25) is 0 Å². The highest BCUT2D eigenvalue weighted by Crippen LogP contribution is 2.33. The van der Waals surface area contributed by atoms with Crippen molar-refractivity contribution >= 4 is 5.69 Å². The highest BCUT2D eigenvalue weighted by atomic mass is 16.5. The Balaban J connectivity index is 2.32. The Hall–Kier alpha value is -2.27. The summed E-state index contributed by atoms with van der Waals surface area (Å²) in [5.74, 6) is 1.35. The number of pyridine rings is 1. The Morgan fingerprint density at radius 1 is 1.28 bits per heavy atom. The van der Waals surface area contributed by atoms with Gasteiger partial charge in [0.05, 0.1) is 19.4 Å². The number of methoxy groups -OCH3 is 1. The molecule has 1 aromatic carbocycles. The second-order valence-corrected chi connectivity index (χ2v) is 3.64. The molecule has 0 saturated heterocycles. The molecule has 1 aromatic heterocycles. The minimum atomic E-state index is -0.0532. The molecular weight excluding hydrogens is 232 g/mol. The summed E-state index contributed by atoms with van der Waals surface area (Å²) in [5.41, 5.74) is 6.94. The molecule has 0 saturated carbocycles. The second-order valence-electron chi connectivity index (χ2n) is 3.64. The van der Waals surface area contributed by atoms with E-state index in [-0.39, 0.29) is 6.61 Å². The van der Waals surface area contributed by atoms with Gasteiger partial charge in [-0.05, 0) is 29.8 Å². The van der Waals surface area contributed by atoms with Crippen LogP contribution < -0.4 is 15.2 Å². The number of ether oxygens (including phenoxy) is 2. The summed E-state index contributed by atoms with van der Waals surface area (Å²) in [6.07, 6.45) is 1.60. The standard InChI is InChI=1S/C13H14N2O3/c1-17-12-7-9(8-16)4-5-11(12)18-13-10(14)3-2-6-15-13/h2-7,16H,8,14H2,1H3. The summed E-state index contributed by atoms with van der Waals surface area (Å²) in [6, 6.07) is 8.59. The zero-order valence-electron chi connectivity index (χ0n) is 9.96. The topological polar surface area (TPSA) is 77.6 Å². The largest absolute Gasteiger partial charge is 0.493 e. The lowest BCUT2D eigenvalue weighted by atomic mass is 10.2. The normalized spacial score (nSPS) is 10.1. The van der Waals surface area contributed by atoms with Crippen LogP contribution in [0.15, 0.2) is 36.5 Å². The molecule has 0 atom stereocenters. The van der Waals surface area contributed by atoms with E-state index in [4.69, 9.17) is 20.3 Å². The average molecular weight is 246 g/mol. The van der Waals surface area contributed by atoms with Crippen molar-refractivity contribution < 1.29 is 14.6 Å². The van der Waals surface area contributed by atoms with E-state index in [1.165, 1.54) is 7.11 Å². The van der Waals surface area contributed by atoms with Gasteiger partial charge in [0.2, 0.25) is 5.88 Å². The van der Waals surface area contributed by atoms with Gasteiger partial charge in [0.15, 0.2) is 11.5 Å². The zero-order chi connectivity index (χ0) is 13.0. The van der Waals surface area contributed by atoms with Gasteiger partial charge < -0.3 is 20.3 Å². The summed E-state index contributed by atoms with van der Waals surface area (Å²) < 4.78 is 10.8. The maximum atomic E-state index is 9.05. The third-order valence-corrected chi connectivity index (χ3v) is 2.42. The van der Waals surface area contributed by atoms with Crippen LogP contribution in [0, 0.1) is 0 Å². The molecule has 3 N–H and O–H groups in total. The zero-order valence-corrected chi connectivity index (χ0v) is 9.96. The van der Waals surface area contributed by atoms with E-state index in [9.17, 15) is 0 Å². The van der Waals surface area contributed by atoms with Gasteiger partial charge in [-0.2, -0.15) is 0 Å². The third kappa shape index (κ3) is 2.52. The number of nitrogens with two attached hydrogens (primary N) is 1. The molecular formula is C13H14N2O3. The molecule has 5 nitrogen and oxygen atoms in total. The van der Waals surface area contributed by atoms with Gasteiger partial charge in [0.25, 0.3) is 0 Å². The Morgan fingerprint density at radius 3 is 2.78 bits per heavy atom. The molecule has 0 radical (unpaired) electrons. The summed E-state index contributed by atoms with van der Waals surface area (Å²) in [5, 5.41) is 9.05. The average Bonchev–Trinajstić information content (AvgIpc) is 2.41. The van der Waals surface area contributed by atoms with E-state index in [2.05, 4.69) is 4.98 Å². The number of rotatable bonds is 4. The lowest BCUT2D eigenvalue weighted by Gasteiger charge is -2.11. The SMILES string of the molecule is COc1cc(CO)ccc1Oc1ncccc1N. The Kier molecular flexibility index (Phi) is 3.64. The molecule has 0 aliphatic carbocycles. The fourth-order valence-electron chi connectivity index (χ4n) is 1.49. The van der Waals surface area contributed by atoms with E-state index in [1.807, 2.05) is 0 Å². The molecule has 0 unspecified atom stereocenters. The van der Waals surface area contributed by atoms with Crippen molar-refractivity contribution in [3.63, 3.8) is 0 Å². The van der Waals surface area contributed by atoms with Crippen LogP contribution in [-0.2, 0) is 6.61 Å². The summed E-state index contributed by atoms with van der Waals surface area (Å²) in [6.45, 7) is -0.0532. The maximum absolute atomic E-state index is 9.05. The first-order valence-electron chi connectivity index (χ1n) is 5.40. The Labute approximate surface area is 105 Å². The monoisotopic (exact) mass is 246 g/mol. The number of aromatic nitrogens is 1. The third-order valence-electron chi connectivity index (χ3n) is 2.42. The van der Waals surface area contributed by atoms with E-state index in [0.29, 0.717) is 23.1 Å². The number of hydrogen-bond acceptors (Lipinski definition) is 5. The fraction of sp³-hybridized carbons (Fsp3) is 0.154. The number of nitrogen functional groups attached to an aromatic ring is 1. The quantitative estimate of drug-likeness (QED) is 0.862.